The van der Waals surface area contributed by atoms with Gasteiger partial charge in [0, 0.05) is 49.7 Å². The zero-order valence-corrected chi connectivity index (χ0v) is 34.4. The van der Waals surface area contributed by atoms with Crippen LogP contribution in [0.25, 0.3) is 93.9 Å². The van der Waals surface area contributed by atoms with E-state index in [9.17, 15) is 0 Å². The van der Waals surface area contributed by atoms with Crippen molar-refractivity contribution in [3.05, 3.63) is 243 Å². The van der Waals surface area contributed by atoms with Crippen molar-refractivity contribution in [1.29, 1.82) is 0 Å². The molecule has 0 atom stereocenters. The number of fused-ring (bicyclic) bond motifs is 6. The molecule has 0 spiro atoms. The predicted octanol–water partition coefficient (Wildman–Crippen LogP) is 16.8. The summed E-state index contributed by atoms with van der Waals surface area (Å²) >= 11 is 0. The number of nitrogens with zero attached hydrogens (tertiary/aromatic N) is 2. The van der Waals surface area contributed by atoms with Crippen LogP contribution in [-0.2, 0) is 0 Å². The van der Waals surface area contributed by atoms with Crippen molar-refractivity contribution in [2.45, 2.75) is 0 Å². The van der Waals surface area contributed by atoms with Crippen molar-refractivity contribution in [1.82, 2.24) is 4.57 Å². The van der Waals surface area contributed by atoms with Gasteiger partial charge in [0.15, 0.2) is 0 Å². The Kier molecular flexibility index (Phi) is 8.83. The van der Waals surface area contributed by atoms with E-state index in [-0.39, 0.29) is 0 Å². The molecule has 0 aliphatic heterocycles. The van der Waals surface area contributed by atoms with Crippen molar-refractivity contribution in [2.24, 2.45) is 0 Å². The van der Waals surface area contributed by atoms with Gasteiger partial charge in [-0.1, -0.05) is 182 Å². The van der Waals surface area contributed by atoms with Gasteiger partial charge in [-0.3, -0.25) is 0 Å². The first-order chi connectivity index (χ1) is 31.2. The second-order valence-corrected chi connectivity index (χ2v) is 16.1. The van der Waals surface area contributed by atoms with E-state index >= 15 is 0 Å². The molecule has 0 aliphatic carbocycles. The van der Waals surface area contributed by atoms with Gasteiger partial charge in [0.05, 0.1) is 16.7 Å². The third-order valence-corrected chi connectivity index (χ3v) is 12.4. The van der Waals surface area contributed by atoms with Crippen molar-refractivity contribution in [3.63, 3.8) is 0 Å². The molecule has 3 heteroatoms. The Morgan fingerprint density at radius 1 is 0.302 bits per heavy atom. The fourth-order valence-corrected chi connectivity index (χ4v) is 9.41. The molecule has 12 aromatic rings. The van der Waals surface area contributed by atoms with Gasteiger partial charge >= 0.3 is 0 Å². The first kappa shape index (κ1) is 36.5. The number of hydrogen-bond donors (Lipinski definition) is 0. The molecule has 0 saturated carbocycles. The highest BCUT2D eigenvalue weighted by Crippen LogP contribution is 2.41. The monoisotopic (exact) mass is 804 g/mol. The molecule has 2 heterocycles. The molecule has 0 N–H and O–H groups in total. The maximum absolute atomic E-state index is 6.37. The Morgan fingerprint density at radius 3 is 1.49 bits per heavy atom. The zero-order valence-electron chi connectivity index (χ0n) is 34.4. The van der Waals surface area contributed by atoms with Gasteiger partial charge in [-0.15, -0.1) is 0 Å². The minimum atomic E-state index is 0.911. The lowest BCUT2D eigenvalue weighted by Gasteiger charge is -2.26. The second-order valence-electron chi connectivity index (χ2n) is 16.1. The fraction of sp³-hybridized carbons (Fsp3) is 0. The van der Waals surface area contributed by atoms with E-state index in [1.54, 1.807) is 0 Å². The smallest absolute Gasteiger partial charge is 0.143 e. The summed E-state index contributed by atoms with van der Waals surface area (Å²) in [5.41, 5.74) is 17.9. The fourth-order valence-electron chi connectivity index (χ4n) is 9.41. The lowest BCUT2D eigenvalue weighted by molar-refractivity contribution is 0.670. The molecular formula is C60H40N2O. The average Bonchev–Trinajstić information content (AvgIpc) is 3.91. The Morgan fingerprint density at radius 2 is 0.778 bits per heavy atom. The summed E-state index contributed by atoms with van der Waals surface area (Å²) in [7, 11) is 0. The molecule has 0 saturated heterocycles. The third-order valence-electron chi connectivity index (χ3n) is 12.4. The molecule has 0 amide bonds. The lowest BCUT2D eigenvalue weighted by atomic mass is 9.98. The van der Waals surface area contributed by atoms with Crippen LogP contribution >= 0.6 is 0 Å². The molecular weight excluding hydrogens is 765 g/mol. The Bertz CT molecular complexity index is 3550. The number of rotatable bonds is 8. The topological polar surface area (TPSA) is 21.3 Å². The van der Waals surface area contributed by atoms with Crippen LogP contribution in [0, 0.1) is 0 Å². The molecule has 0 unspecified atom stereocenters. The average molecular weight is 805 g/mol. The maximum atomic E-state index is 6.37. The minimum Gasteiger partial charge on any atom is -0.455 e. The number of para-hydroxylation sites is 5. The highest BCUT2D eigenvalue weighted by molar-refractivity contribution is 6.10. The summed E-state index contributed by atoms with van der Waals surface area (Å²) in [6.07, 6.45) is 0. The van der Waals surface area contributed by atoms with E-state index in [2.05, 4.69) is 240 Å². The standard InChI is InChI=1S/C60H40N2O/c1-2-14-41(15-3-1)46-16-12-17-49(40-46)61(47-36-32-43(33-37-47)42-28-30-45(31-29-42)51-22-13-23-55-54-21-7-11-27-59(54)63-60(51)55)48-38-34-44(35-39-48)50-18-4-8-24-56(50)62-57-25-9-5-19-52(57)53-20-6-10-26-58(53)62/h1-40H. The van der Waals surface area contributed by atoms with Gasteiger partial charge in [0.25, 0.3) is 0 Å². The Hall–Kier alpha value is -8.40. The first-order valence-electron chi connectivity index (χ1n) is 21.5. The third kappa shape index (κ3) is 6.38. The molecule has 2 aromatic heterocycles. The molecule has 10 aromatic carbocycles. The molecule has 0 bridgehead atoms. The summed E-state index contributed by atoms with van der Waals surface area (Å²) in [5, 5.41) is 4.79. The van der Waals surface area contributed by atoms with Crippen LogP contribution in [0.15, 0.2) is 247 Å². The van der Waals surface area contributed by atoms with Crippen molar-refractivity contribution in [3.8, 4) is 50.2 Å². The normalized spacial score (nSPS) is 11.5. The largest absolute Gasteiger partial charge is 0.455 e. The van der Waals surface area contributed by atoms with E-state index < -0.39 is 0 Å². The summed E-state index contributed by atoms with van der Waals surface area (Å²) in [6, 6.07) is 87.0. The molecule has 3 nitrogen and oxygen atoms in total. The lowest BCUT2D eigenvalue weighted by Crippen LogP contribution is -2.10. The van der Waals surface area contributed by atoms with Crippen LogP contribution in [0.1, 0.15) is 0 Å². The van der Waals surface area contributed by atoms with Crippen LogP contribution in [-0.4, -0.2) is 4.57 Å². The van der Waals surface area contributed by atoms with Gasteiger partial charge in [-0.25, -0.2) is 0 Å². The molecule has 63 heavy (non-hydrogen) atoms. The number of hydrogen-bond acceptors (Lipinski definition) is 2. The minimum absolute atomic E-state index is 0.911. The van der Waals surface area contributed by atoms with Gasteiger partial charge in [-0.2, -0.15) is 0 Å². The zero-order chi connectivity index (χ0) is 41.7. The van der Waals surface area contributed by atoms with Crippen LogP contribution in [0.5, 0.6) is 0 Å². The van der Waals surface area contributed by atoms with Crippen molar-refractivity contribution in [2.75, 3.05) is 4.90 Å². The van der Waals surface area contributed by atoms with Crippen LogP contribution in [0.2, 0.25) is 0 Å². The quantitative estimate of drug-likeness (QED) is 0.153. The van der Waals surface area contributed by atoms with E-state index in [4.69, 9.17) is 4.42 Å². The van der Waals surface area contributed by atoms with Crippen LogP contribution < -0.4 is 4.90 Å². The van der Waals surface area contributed by atoms with Gasteiger partial charge < -0.3 is 13.9 Å². The molecule has 0 fully saturated rings. The summed E-state index contributed by atoms with van der Waals surface area (Å²) < 4.78 is 8.77. The molecule has 0 radical (unpaired) electrons. The van der Waals surface area contributed by atoms with Gasteiger partial charge in [0.1, 0.15) is 11.2 Å². The Balaban J connectivity index is 0.909. The summed E-state index contributed by atoms with van der Waals surface area (Å²) in [5.74, 6) is 0. The maximum Gasteiger partial charge on any atom is 0.143 e. The molecule has 296 valence electrons. The highest BCUT2D eigenvalue weighted by atomic mass is 16.3. The Labute approximate surface area is 366 Å². The second kappa shape index (κ2) is 15.3. The SMILES string of the molecule is c1ccc(-c2cccc(N(c3ccc(-c4ccc(-c5cccc6c5oc5ccccc56)cc4)cc3)c3ccc(-c4ccccc4-n4c5ccccc5c5ccccc54)cc3)c2)cc1. The number of aromatic nitrogens is 1. The number of anilines is 3. The van der Waals surface area contributed by atoms with E-state index in [0.717, 1.165) is 72.5 Å². The van der Waals surface area contributed by atoms with Gasteiger partial charge in [-0.05, 0) is 94.0 Å². The van der Waals surface area contributed by atoms with Crippen molar-refractivity contribution >= 4 is 60.8 Å². The van der Waals surface area contributed by atoms with Crippen LogP contribution in [0.3, 0.4) is 0 Å². The first-order valence-corrected chi connectivity index (χ1v) is 21.5. The number of benzene rings is 10. The molecule has 0 aliphatic rings. The predicted molar refractivity (Wildman–Crippen MR) is 264 cm³/mol. The van der Waals surface area contributed by atoms with Crippen molar-refractivity contribution < 1.29 is 4.42 Å². The summed E-state index contributed by atoms with van der Waals surface area (Å²) in [6.45, 7) is 0. The van der Waals surface area contributed by atoms with Crippen LogP contribution in [0.4, 0.5) is 17.1 Å². The van der Waals surface area contributed by atoms with Gasteiger partial charge in [0.2, 0.25) is 0 Å². The van der Waals surface area contributed by atoms with E-state index in [1.165, 1.54) is 38.5 Å². The van der Waals surface area contributed by atoms with E-state index in [0.29, 0.717) is 0 Å². The number of furan rings is 1. The van der Waals surface area contributed by atoms with E-state index in [1.807, 2.05) is 12.1 Å². The summed E-state index contributed by atoms with van der Waals surface area (Å²) in [4.78, 5) is 2.36. The highest BCUT2D eigenvalue weighted by Gasteiger charge is 2.18. The molecule has 12 rings (SSSR count).